The van der Waals surface area contributed by atoms with Crippen molar-refractivity contribution in [1.82, 2.24) is 10.3 Å². The first-order valence-electron chi connectivity index (χ1n) is 7.72. The molecule has 0 spiro atoms. The molecule has 2 amide bonds. The lowest BCUT2D eigenvalue weighted by Crippen LogP contribution is -2.27. The van der Waals surface area contributed by atoms with E-state index in [2.05, 4.69) is 29.5 Å². The molecule has 1 aromatic heterocycles. The quantitative estimate of drug-likeness (QED) is 0.806. The highest BCUT2D eigenvalue weighted by molar-refractivity contribution is 7.14. The van der Waals surface area contributed by atoms with Gasteiger partial charge in [-0.05, 0) is 36.6 Å². The van der Waals surface area contributed by atoms with E-state index in [4.69, 9.17) is 0 Å². The molecule has 24 heavy (non-hydrogen) atoms. The largest absolute Gasteiger partial charge is 0.356 e. The van der Waals surface area contributed by atoms with Gasteiger partial charge in [0.1, 0.15) is 5.82 Å². The van der Waals surface area contributed by atoms with Crippen molar-refractivity contribution in [3.8, 4) is 0 Å². The number of nitrogens with zero attached hydrogens (tertiary/aromatic N) is 1. The minimum Gasteiger partial charge on any atom is -0.356 e. The van der Waals surface area contributed by atoms with Gasteiger partial charge in [-0.2, -0.15) is 0 Å². The van der Waals surface area contributed by atoms with E-state index in [0.717, 1.165) is 6.42 Å². The van der Waals surface area contributed by atoms with Crippen molar-refractivity contribution in [3.05, 3.63) is 46.7 Å². The highest BCUT2D eigenvalue weighted by Gasteiger charge is 2.11. The van der Waals surface area contributed by atoms with Crippen LogP contribution in [0.1, 0.15) is 36.3 Å². The van der Waals surface area contributed by atoms with Crippen LogP contribution in [0.4, 0.5) is 9.52 Å². The molecule has 0 aliphatic heterocycles. The van der Waals surface area contributed by atoms with Crippen molar-refractivity contribution >= 4 is 28.3 Å². The molecule has 2 N–H and O–H groups in total. The molecule has 128 valence electrons. The van der Waals surface area contributed by atoms with Crippen molar-refractivity contribution in [2.45, 2.75) is 26.7 Å². The Morgan fingerprint density at radius 3 is 2.62 bits per heavy atom. The zero-order chi connectivity index (χ0) is 17.5. The van der Waals surface area contributed by atoms with Crippen LogP contribution in [0.5, 0.6) is 0 Å². The van der Waals surface area contributed by atoms with E-state index in [1.807, 2.05) is 0 Å². The van der Waals surface area contributed by atoms with Gasteiger partial charge in [-0.3, -0.25) is 14.9 Å². The summed E-state index contributed by atoms with van der Waals surface area (Å²) >= 11 is 1.25. The van der Waals surface area contributed by atoms with E-state index < -0.39 is 5.82 Å². The van der Waals surface area contributed by atoms with E-state index in [9.17, 15) is 14.0 Å². The van der Waals surface area contributed by atoms with Crippen LogP contribution in [0.15, 0.2) is 29.6 Å². The summed E-state index contributed by atoms with van der Waals surface area (Å²) in [4.78, 5) is 28.1. The molecule has 0 fully saturated rings. The van der Waals surface area contributed by atoms with Crippen LogP contribution in [0.2, 0.25) is 0 Å². The zero-order valence-electron chi connectivity index (χ0n) is 13.6. The number of anilines is 1. The minimum atomic E-state index is -0.397. The predicted octanol–water partition coefficient (Wildman–Crippen LogP) is 3.24. The Morgan fingerprint density at radius 2 is 1.96 bits per heavy atom. The molecule has 0 unspecified atom stereocenters. The molecular formula is C17H20FN3O2S. The second-order valence-electron chi connectivity index (χ2n) is 5.81. The fourth-order valence-electron chi connectivity index (χ4n) is 1.94. The molecule has 0 atom stereocenters. The first-order chi connectivity index (χ1) is 11.4. The van der Waals surface area contributed by atoms with Crippen molar-refractivity contribution in [2.24, 2.45) is 5.92 Å². The van der Waals surface area contributed by atoms with Gasteiger partial charge in [-0.25, -0.2) is 9.37 Å². The molecule has 5 nitrogen and oxygen atoms in total. The first-order valence-corrected chi connectivity index (χ1v) is 8.60. The van der Waals surface area contributed by atoms with Gasteiger partial charge in [0, 0.05) is 17.5 Å². The number of halogens is 1. The highest BCUT2D eigenvalue weighted by atomic mass is 32.1. The van der Waals surface area contributed by atoms with Crippen molar-refractivity contribution in [3.63, 3.8) is 0 Å². The second-order valence-corrected chi connectivity index (χ2v) is 6.67. The number of benzene rings is 1. The molecule has 0 radical (unpaired) electrons. The summed E-state index contributed by atoms with van der Waals surface area (Å²) in [5.41, 5.74) is 0.955. The molecule has 0 aliphatic rings. The number of carbonyl (C=O) groups is 2. The third kappa shape index (κ3) is 5.73. The van der Waals surface area contributed by atoms with Gasteiger partial charge >= 0.3 is 0 Å². The Morgan fingerprint density at radius 1 is 1.25 bits per heavy atom. The summed E-state index contributed by atoms with van der Waals surface area (Å²) in [7, 11) is 0. The van der Waals surface area contributed by atoms with Crippen LogP contribution in [-0.4, -0.2) is 23.3 Å². The standard InChI is InChI=1S/C17H20FN3O2S/c1-11(2)7-8-19-15(22)9-14-10-24-17(20-14)21-16(23)12-3-5-13(18)6-4-12/h3-6,10-11H,7-9H2,1-2H3,(H,19,22)(H,20,21,23). The van der Waals surface area contributed by atoms with E-state index >= 15 is 0 Å². The van der Waals surface area contributed by atoms with Gasteiger partial charge in [0.2, 0.25) is 5.91 Å². The van der Waals surface area contributed by atoms with Crippen molar-refractivity contribution < 1.29 is 14.0 Å². The number of hydrogen-bond acceptors (Lipinski definition) is 4. The highest BCUT2D eigenvalue weighted by Crippen LogP contribution is 2.17. The number of hydrogen-bond donors (Lipinski definition) is 2. The van der Waals surface area contributed by atoms with Gasteiger partial charge in [0.05, 0.1) is 12.1 Å². The van der Waals surface area contributed by atoms with E-state index in [-0.39, 0.29) is 18.2 Å². The molecule has 0 saturated carbocycles. The summed E-state index contributed by atoms with van der Waals surface area (Å²) in [6, 6.07) is 5.26. The topological polar surface area (TPSA) is 71.1 Å². The van der Waals surface area contributed by atoms with Crippen LogP contribution in [-0.2, 0) is 11.2 Å². The van der Waals surface area contributed by atoms with E-state index in [0.29, 0.717) is 28.9 Å². The molecule has 2 rings (SSSR count). The number of aromatic nitrogens is 1. The van der Waals surface area contributed by atoms with Crippen molar-refractivity contribution in [1.29, 1.82) is 0 Å². The summed E-state index contributed by atoms with van der Waals surface area (Å²) in [5, 5.41) is 7.64. The maximum Gasteiger partial charge on any atom is 0.257 e. The summed E-state index contributed by atoms with van der Waals surface area (Å²) in [5.74, 6) is -0.306. The summed E-state index contributed by atoms with van der Waals surface area (Å²) in [6.07, 6.45) is 1.11. The Labute approximate surface area is 144 Å². The lowest BCUT2D eigenvalue weighted by Gasteiger charge is -2.06. The van der Waals surface area contributed by atoms with E-state index in [1.165, 1.54) is 35.6 Å². The number of amides is 2. The lowest BCUT2D eigenvalue weighted by atomic mass is 10.1. The Bertz CT molecular complexity index is 698. The predicted molar refractivity (Wildman–Crippen MR) is 92.6 cm³/mol. The van der Waals surface area contributed by atoms with Crippen LogP contribution < -0.4 is 10.6 Å². The Kier molecular flexibility index (Phi) is 6.43. The average Bonchev–Trinajstić information content (AvgIpc) is 2.94. The van der Waals surface area contributed by atoms with Crippen molar-refractivity contribution in [2.75, 3.05) is 11.9 Å². The van der Waals surface area contributed by atoms with Gasteiger partial charge in [0.25, 0.3) is 5.91 Å². The Hall–Kier alpha value is -2.28. The normalized spacial score (nSPS) is 10.7. The number of rotatable bonds is 7. The number of nitrogens with one attached hydrogen (secondary N) is 2. The smallest absolute Gasteiger partial charge is 0.257 e. The lowest BCUT2D eigenvalue weighted by molar-refractivity contribution is -0.120. The zero-order valence-corrected chi connectivity index (χ0v) is 14.5. The fourth-order valence-corrected chi connectivity index (χ4v) is 2.65. The monoisotopic (exact) mass is 349 g/mol. The van der Waals surface area contributed by atoms with E-state index in [1.54, 1.807) is 5.38 Å². The molecule has 7 heteroatoms. The molecule has 0 bridgehead atoms. The summed E-state index contributed by atoms with van der Waals surface area (Å²) < 4.78 is 12.9. The second kappa shape index (κ2) is 8.54. The summed E-state index contributed by atoms with van der Waals surface area (Å²) in [6.45, 7) is 4.85. The third-order valence-electron chi connectivity index (χ3n) is 3.26. The number of carbonyl (C=O) groups excluding carboxylic acids is 2. The first kappa shape index (κ1) is 18.1. The molecule has 2 aromatic rings. The molecule has 1 heterocycles. The van der Waals surface area contributed by atoms with Gasteiger partial charge in [0.15, 0.2) is 5.13 Å². The van der Waals surface area contributed by atoms with Gasteiger partial charge < -0.3 is 5.32 Å². The molecule has 0 aliphatic carbocycles. The van der Waals surface area contributed by atoms with Gasteiger partial charge in [-0.1, -0.05) is 13.8 Å². The Balaban J connectivity index is 1.85. The minimum absolute atomic E-state index is 0.0858. The van der Waals surface area contributed by atoms with Crippen LogP contribution in [0, 0.1) is 11.7 Å². The van der Waals surface area contributed by atoms with Crippen LogP contribution in [0.3, 0.4) is 0 Å². The van der Waals surface area contributed by atoms with Gasteiger partial charge in [-0.15, -0.1) is 11.3 Å². The third-order valence-corrected chi connectivity index (χ3v) is 4.07. The average molecular weight is 349 g/mol. The number of thiazole rings is 1. The molecule has 1 aromatic carbocycles. The maximum absolute atomic E-state index is 12.9. The SMILES string of the molecule is CC(C)CCNC(=O)Cc1csc(NC(=O)c2ccc(F)cc2)n1. The van der Waals surface area contributed by atoms with Crippen LogP contribution in [0.25, 0.3) is 0 Å². The maximum atomic E-state index is 12.9. The molecular weight excluding hydrogens is 329 g/mol. The fraction of sp³-hybridized carbons (Fsp3) is 0.353. The molecule has 0 saturated heterocycles. The van der Waals surface area contributed by atoms with Crippen LogP contribution >= 0.6 is 11.3 Å².